The number of esters is 1. The zero-order valence-corrected chi connectivity index (χ0v) is 16.5. The van der Waals surface area contributed by atoms with Gasteiger partial charge in [-0.1, -0.05) is 18.2 Å². The summed E-state index contributed by atoms with van der Waals surface area (Å²) in [6, 6.07) is 11.8. The normalized spacial score (nSPS) is 26.1. The van der Waals surface area contributed by atoms with Crippen molar-refractivity contribution in [2.45, 2.75) is 30.7 Å². The first kappa shape index (κ1) is 22.0. The highest BCUT2D eigenvalue weighted by Crippen LogP contribution is 2.35. The third kappa shape index (κ3) is 4.40. The molecule has 9 heteroatoms. The Hall–Kier alpha value is -2.69. The van der Waals surface area contributed by atoms with Crippen molar-refractivity contribution in [3.8, 4) is 22.6 Å². The van der Waals surface area contributed by atoms with Gasteiger partial charge in [-0.3, -0.25) is 0 Å². The quantitative estimate of drug-likeness (QED) is 0.488. The number of carbonyl (C=O) groups is 1. The van der Waals surface area contributed by atoms with E-state index >= 15 is 0 Å². The SMILES string of the molecule is COC(=O)c1cccc(-c2ccc(O[C@@H]3O[C@@H](CO)[C@@H](O)[C@H](O)[C@@H]3O)c(OC)c2)c1. The van der Waals surface area contributed by atoms with Crippen LogP contribution in [0.4, 0.5) is 0 Å². The highest BCUT2D eigenvalue weighted by atomic mass is 16.7. The molecule has 5 atom stereocenters. The summed E-state index contributed by atoms with van der Waals surface area (Å²) in [6.45, 7) is -0.558. The van der Waals surface area contributed by atoms with Gasteiger partial charge in [0.25, 0.3) is 0 Å². The molecule has 0 spiro atoms. The molecule has 1 saturated heterocycles. The lowest BCUT2D eigenvalue weighted by atomic mass is 9.99. The molecule has 0 radical (unpaired) electrons. The Bertz CT molecular complexity index is 883. The molecule has 0 bridgehead atoms. The van der Waals surface area contributed by atoms with Crippen molar-refractivity contribution < 1.29 is 44.2 Å². The summed E-state index contributed by atoms with van der Waals surface area (Å²) in [6.07, 6.45) is -6.98. The van der Waals surface area contributed by atoms with E-state index in [-0.39, 0.29) is 5.75 Å². The second-order valence-corrected chi connectivity index (χ2v) is 6.75. The van der Waals surface area contributed by atoms with Gasteiger partial charge in [-0.05, 0) is 35.4 Å². The van der Waals surface area contributed by atoms with E-state index in [1.54, 1.807) is 36.4 Å². The molecule has 2 aromatic rings. The van der Waals surface area contributed by atoms with Gasteiger partial charge < -0.3 is 39.4 Å². The number of rotatable bonds is 6. The predicted octanol–water partition coefficient (Wildman–Crippen LogP) is 0.327. The van der Waals surface area contributed by atoms with Crippen molar-refractivity contribution >= 4 is 5.97 Å². The lowest BCUT2D eigenvalue weighted by molar-refractivity contribution is -0.277. The van der Waals surface area contributed by atoms with Crippen LogP contribution in [-0.2, 0) is 9.47 Å². The standard InChI is InChI=1S/C21H24O9/c1-27-15-9-12(11-4-3-5-13(8-11)20(26)28-2)6-7-14(15)29-21-19(25)18(24)17(23)16(10-22)30-21/h3-9,16-19,21-25H,10H2,1-2H3/t16-,17+,18-,19-,21+/m0/s1. The van der Waals surface area contributed by atoms with E-state index < -0.39 is 43.3 Å². The van der Waals surface area contributed by atoms with Crippen LogP contribution < -0.4 is 9.47 Å². The predicted molar refractivity (Wildman–Crippen MR) is 104 cm³/mol. The molecule has 1 aliphatic rings. The molecule has 2 aromatic carbocycles. The van der Waals surface area contributed by atoms with E-state index in [1.165, 1.54) is 14.2 Å². The Labute approximate surface area is 173 Å². The maximum Gasteiger partial charge on any atom is 0.337 e. The summed E-state index contributed by atoms with van der Waals surface area (Å²) in [5.74, 6) is 0.0778. The van der Waals surface area contributed by atoms with Crippen molar-refractivity contribution in [3.05, 3.63) is 48.0 Å². The molecule has 4 N–H and O–H groups in total. The first-order valence-electron chi connectivity index (χ1n) is 9.23. The number of benzene rings is 2. The van der Waals surface area contributed by atoms with Crippen LogP contribution >= 0.6 is 0 Å². The Kier molecular flexibility index (Phi) is 6.91. The lowest BCUT2D eigenvalue weighted by Crippen LogP contribution is -2.60. The zero-order chi connectivity index (χ0) is 21.8. The van der Waals surface area contributed by atoms with Crippen molar-refractivity contribution in [1.82, 2.24) is 0 Å². The molecule has 162 valence electrons. The van der Waals surface area contributed by atoms with Crippen LogP contribution in [0.3, 0.4) is 0 Å². The molecule has 1 heterocycles. The second-order valence-electron chi connectivity index (χ2n) is 6.75. The molecular formula is C21H24O9. The maximum absolute atomic E-state index is 11.8. The average molecular weight is 420 g/mol. The minimum absolute atomic E-state index is 0.217. The Morgan fingerprint density at radius 1 is 0.967 bits per heavy atom. The van der Waals surface area contributed by atoms with Crippen molar-refractivity contribution in [2.75, 3.05) is 20.8 Å². The van der Waals surface area contributed by atoms with Gasteiger partial charge in [-0.15, -0.1) is 0 Å². The van der Waals surface area contributed by atoms with E-state index in [0.29, 0.717) is 11.3 Å². The fraction of sp³-hybridized carbons (Fsp3) is 0.381. The first-order chi connectivity index (χ1) is 14.4. The molecule has 9 nitrogen and oxygen atoms in total. The number of ether oxygens (including phenoxy) is 4. The van der Waals surface area contributed by atoms with Crippen LogP contribution in [0, 0.1) is 0 Å². The van der Waals surface area contributed by atoms with Gasteiger partial charge in [0.1, 0.15) is 24.4 Å². The molecule has 0 aromatic heterocycles. The van der Waals surface area contributed by atoms with Crippen LogP contribution in [-0.4, -0.2) is 77.9 Å². The number of methoxy groups -OCH3 is 2. The smallest absolute Gasteiger partial charge is 0.337 e. The van der Waals surface area contributed by atoms with E-state index in [9.17, 15) is 25.2 Å². The second kappa shape index (κ2) is 9.41. The fourth-order valence-electron chi connectivity index (χ4n) is 3.18. The average Bonchev–Trinajstić information content (AvgIpc) is 2.79. The van der Waals surface area contributed by atoms with Crippen LogP contribution in [0.5, 0.6) is 11.5 Å². The highest BCUT2D eigenvalue weighted by Gasteiger charge is 2.44. The van der Waals surface area contributed by atoms with E-state index in [2.05, 4.69) is 0 Å². The lowest BCUT2D eigenvalue weighted by Gasteiger charge is -2.39. The minimum atomic E-state index is -1.55. The third-order valence-electron chi connectivity index (χ3n) is 4.87. The minimum Gasteiger partial charge on any atom is -0.493 e. The summed E-state index contributed by atoms with van der Waals surface area (Å²) in [7, 11) is 2.74. The summed E-state index contributed by atoms with van der Waals surface area (Å²) in [5, 5.41) is 39.3. The van der Waals surface area contributed by atoms with Gasteiger partial charge in [0, 0.05) is 0 Å². The molecule has 0 amide bonds. The largest absolute Gasteiger partial charge is 0.493 e. The number of aliphatic hydroxyl groups excluding tert-OH is 4. The fourth-order valence-corrected chi connectivity index (χ4v) is 3.18. The van der Waals surface area contributed by atoms with Crippen molar-refractivity contribution in [3.63, 3.8) is 0 Å². The molecule has 30 heavy (non-hydrogen) atoms. The van der Waals surface area contributed by atoms with Gasteiger partial charge in [0.2, 0.25) is 6.29 Å². The summed E-state index contributed by atoms with van der Waals surface area (Å²) in [5.41, 5.74) is 1.88. The van der Waals surface area contributed by atoms with Gasteiger partial charge in [0.15, 0.2) is 11.5 Å². The highest BCUT2D eigenvalue weighted by molar-refractivity contribution is 5.91. The molecule has 1 fully saturated rings. The monoisotopic (exact) mass is 420 g/mol. The topological polar surface area (TPSA) is 135 Å². The van der Waals surface area contributed by atoms with Gasteiger partial charge in [-0.25, -0.2) is 4.79 Å². The summed E-state index contributed by atoms with van der Waals surface area (Å²) < 4.78 is 21.1. The van der Waals surface area contributed by atoms with E-state index in [0.717, 1.165) is 11.1 Å². The molecule has 0 unspecified atom stereocenters. The Morgan fingerprint density at radius 2 is 1.70 bits per heavy atom. The van der Waals surface area contributed by atoms with Crippen molar-refractivity contribution in [2.24, 2.45) is 0 Å². The van der Waals surface area contributed by atoms with Crippen molar-refractivity contribution in [1.29, 1.82) is 0 Å². The molecule has 0 aliphatic carbocycles. The Morgan fingerprint density at radius 3 is 2.37 bits per heavy atom. The number of hydrogen-bond donors (Lipinski definition) is 4. The first-order valence-corrected chi connectivity index (χ1v) is 9.23. The number of hydrogen-bond acceptors (Lipinski definition) is 9. The number of carbonyl (C=O) groups excluding carboxylic acids is 1. The van der Waals surface area contributed by atoms with E-state index in [1.807, 2.05) is 6.07 Å². The number of aliphatic hydroxyl groups is 4. The summed E-state index contributed by atoms with van der Waals surface area (Å²) >= 11 is 0. The van der Waals surface area contributed by atoms with Gasteiger partial charge in [-0.2, -0.15) is 0 Å². The van der Waals surface area contributed by atoms with Gasteiger partial charge in [0.05, 0.1) is 26.4 Å². The van der Waals surface area contributed by atoms with Crippen LogP contribution in [0.2, 0.25) is 0 Å². The van der Waals surface area contributed by atoms with Crippen LogP contribution in [0.25, 0.3) is 11.1 Å². The summed E-state index contributed by atoms with van der Waals surface area (Å²) in [4.78, 5) is 11.8. The van der Waals surface area contributed by atoms with Crippen LogP contribution in [0.15, 0.2) is 42.5 Å². The Balaban J connectivity index is 1.85. The molecule has 3 rings (SSSR count). The third-order valence-corrected chi connectivity index (χ3v) is 4.87. The van der Waals surface area contributed by atoms with E-state index in [4.69, 9.17) is 18.9 Å². The van der Waals surface area contributed by atoms with Crippen LogP contribution in [0.1, 0.15) is 10.4 Å². The molecule has 1 aliphatic heterocycles. The zero-order valence-electron chi connectivity index (χ0n) is 16.5. The molecule has 0 saturated carbocycles. The maximum atomic E-state index is 11.8. The van der Waals surface area contributed by atoms with Gasteiger partial charge >= 0.3 is 5.97 Å². The molecular weight excluding hydrogens is 396 g/mol.